The number of nitrogens with zero attached hydrogens (tertiary/aromatic N) is 4. The predicted molar refractivity (Wildman–Crippen MR) is 89.1 cm³/mol. The van der Waals surface area contributed by atoms with E-state index in [0.717, 1.165) is 17.7 Å². The molecule has 8 heteroatoms. The van der Waals surface area contributed by atoms with Gasteiger partial charge in [0.25, 0.3) is 0 Å². The van der Waals surface area contributed by atoms with Gasteiger partial charge in [-0.3, -0.25) is 4.79 Å². The first-order valence-corrected chi connectivity index (χ1v) is 8.39. The maximum Gasteiger partial charge on any atom is 0.230 e. The minimum absolute atomic E-state index is 0.0323. The monoisotopic (exact) mass is 335 g/mol. The molecule has 0 aliphatic heterocycles. The summed E-state index contributed by atoms with van der Waals surface area (Å²) in [6.45, 7) is 5.99. The third-order valence-corrected chi connectivity index (χ3v) is 4.27. The molecule has 0 saturated heterocycles. The van der Waals surface area contributed by atoms with Crippen molar-refractivity contribution in [3.8, 4) is 11.4 Å². The number of hydrogen-bond donors (Lipinski definition) is 1. The Morgan fingerprint density at radius 3 is 2.96 bits per heavy atom. The molecule has 0 bridgehead atoms. The van der Waals surface area contributed by atoms with Crippen LogP contribution < -0.4 is 10.1 Å². The maximum absolute atomic E-state index is 11.9. The Labute approximate surface area is 139 Å². The molecule has 0 saturated carbocycles. The highest BCUT2D eigenvalue weighted by Crippen LogP contribution is 2.26. The molecule has 0 aliphatic carbocycles. The van der Waals surface area contributed by atoms with Gasteiger partial charge in [-0.1, -0.05) is 24.8 Å². The van der Waals surface area contributed by atoms with Gasteiger partial charge in [0.05, 0.1) is 12.9 Å². The molecule has 0 spiro atoms. The first kappa shape index (κ1) is 17.3. The lowest BCUT2D eigenvalue weighted by molar-refractivity contribution is -0.119. The second-order valence-electron chi connectivity index (χ2n) is 5.21. The van der Waals surface area contributed by atoms with E-state index in [0.29, 0.717) is 10.9 Å². The van der Waals surface area contributed by atoms with Gasteiger partial charge in [0, 0.05) is 6.04 Å². The van der Waals surface area contributed by atoms with Crippen molar-refractivity contribution >= 4 is 17.7 Å². The molecule has 23 heavy (non-hydrogen) atoms. The summed E-state index contributed by atoms with van der Waals surface area (Å²) in [6.07, 6.45) is 0.897. The Kier molecular flexibility index (Phi) is 5.97. The Morgan fingerprint density at radius 2 is 2.26 bits per heavy atom. The van der Waals surface area contributed by atoms with Crippen molar-refractivity contribution in [1.82, 2.24) is 25.5 Å². The van der Waals surface area contributed by atoms with Crippen LogP contribution in [-0.2, 0) is 4.79 Å². The molecule has 0 radical (unpaired) electrons. The Hall–Kier alpha value is -2.09. The number of benzene rings is 1. The maximum atomic E-state index is 11.9. The average molecular weight is 335 g/mol. The van der Waals surface area contributed by atoms with E-state index in [-0.39, 0.29) is 17.7 Å². The zero-order valence-electron chi connectivity index (χ0n) is 13.7. The minimum Gasteiger partial charge on any atom is -0.494 e. The molecule has 0 unspecified atom stereocenters. The second-order valence-corrected chi connectivity index (χ2v) is 6.16. The third-order valence-electron chi connectivity index (χ3n) is 3.36. The fourth-order valence-electron chi connectivity index (χ4n) is 1.93. The number of methoxy groups -OCH3 is 1. The SMILES string of the molecule is CC[C@H](C)NC(=O)CSc1nnnn1-c1cc(C)ccc1OC. The van der Waals surface area contributed by atoms with Crippen LogP contribution in [0.5, 0.6) is 5.75 Å². The first-order valence-electron chi connectivity index (χ1n) is 7.40. The van der Waals surface area contributed by atoms with E-state index in [4.69, 9.17) is 4.74 Å². The van der Waals surface area contributed by atoms with E-state index in [1.165, 1.54) is 11.8 Å². The number of tetrazole rings is 1. The summed E-state index contributed by atoms with van der Waals surface area (Å²) < 4.78 is 6.96. The topological polar surface area (TPSA) is 81.9 Å². The normalized spacial score (nSPS) is 12.0. The highest BCUT2D eigenvalue weighted by atomic mass is 32.2. The number of aromatic nitrogens is 4. The van der Waals surface area contributed by atoms with Crippen molar-refractivity contribution in [3.05, 3.63) is 23.8 Å². The molecule has 1 aromatic heterocycles. The number of aryl methyl sites for hydroxylation is 1. The van der Waals surface area contributed by atoms with Gasteiger partial charge in [-0.05, 0) is 48.4 Å². The molecule has 0 fully saturated rings. The van der Waals surface area contributed by atoms with Crippen LogP contribution in [0.1, 0.15) is 25.8 Å². The van der Waals surface area contributed by atoms with E-state index < -0.39 is 0 Å². The van der Waals surface area contributed by atoms with Crippen LogP contribution in [-0.4, -0.2) is 45.0 Å². The second kappa shape index (κ2) is 7.96. The molecule has 1 atom stereocenters. The smallest absolute Gasteiger partial charge is 0.230 e. The number of carbonyl (C=O) groups excluding carboxylic acids is 1. The van der Waals surface area contributed by atoms with Crippen molar-refractivity contribution < 1.29 is 9.53 Å². The van der Waals surface area contributed by atoms with Crippen molar-refractivity contribution in [1.29, 1.82) is 0 Å². The van der Waals surface area contributed by atoms with Crippen molar-refractivity contribution in [3.63, 3.8) is 0 Å². The van der Waals surface area contributed by atoms with Gasteiger partial charge in [-0.25, -0.2) is 0 Å². The van der Waals surface area contributed by atoms with E-state index in [9.17, 15) is 4.79 Å². The summed E-state index contributed by atoms with van der Waals surface area (Å²) >= 11 is 1.29. The molecular formula is C15H21N5O2S. The van der Waals surface area contributed by atoms with Gasteiger partial charge in [-0.15, -0.1) is 5.10 Å². The number of carbonyl (C=O) groups is 1. The molecule has 1 amide bonds. The Bertz CT molecular complexity index is 674. The lowest BCUT2D eigenvalue weighted by Crippen LogP contribution is -2.33. The van der Waals surface area contributed by atoms with E-state index in [1.54, 1.807) is 11.8 Å². The quantitative estimate of drug-likeness (QED) is 0.779. The highest BCUT2D eigenvalue weighted by Gasteiger charge is 2.15. The van der Waals surface area contributed by atoms with Crippen LogP contribution in [0.4, 0.5) is 0 Å². The van der Waals surface area contributed by atoms with Gasteiger partial charge in [0.15, 0.2) is 0 Å². The molecule has 1 aromatic carbocycles. The van der Waals surface area contributed by atoms with E-state index in [1.807, 2.05) is 39.0 Å². The van der Waals surface area contributed by atoms with Crippen LogP contribution in [0.2, 0.25) is 0 Å². The van der Waals surface area contributed by atoms with E-state index >= 15 is 0 Å². The molecule has 124 valence electrons. The lowest BCUT2D eigenvalue weighted by Gasteiger charge is -2.12. The molecule has 2 rings (SSSR count). The summed E-state index contributed by atoms with van der Waals surface area (Å²) in [4.78, 5) is 11.9. The summed E-state index contributed by atoms with van der Waals surface area (Å²) in [5, 5.41) is 15.2. The van der Waals surface area contributed by atoms with Gasteiger partial charge in [0.2, 0.25) is 11.1 Å². The highest BCUT2D eigenvalue weighted by molar-refractivity contribution is 7.99. The summed E-state index contributed by atoms with van der Waals surface area (Å²) in [5.74, 6) is 0.905. The minimum atomic E-state index is -0.0323. The Morgan fingerprint density at radius 1 is 1.48 bits per heavy atom. The van der Waals surface area contributed by atoms with Gasteiger partial charge < -0.3 is 10.1 Å². The molecule has 2 aromatic rings. The Balaban J connectivity index is 2.14. The van der Waals surface area contributed by atoms with Crippen LogP contribution in [0.25, 0.3) is 5.69 Å². The summed E-state index contributed by atoms with van der Waals surface area (Å²) in [6, 6.07) is 5.93. The van der Waals surface area contributed by atoms with Gasteiger partial charge in [-0.2, -0.15) is 4.68 Å². The molecular weight excluding hydrogens is 314 g/mol. The fourth-order valence-corrected chi connectivity index (χ4v) is 2.63. The lowest BCUT2D eigenvalue weighted by atomic mass is 10.2. The van der Waals surface area contributed by atoms with Crippen LogP contribution in [0, 0.1) is 6.92 Å². The standard InChI is InChI=1S/C15H21N5O2S/c1-5-11(3)16-14(21)9-23-15-17-18-19-20(15)12-8-10(2)6-7-13(12)22-4/h6-8,11H,5,9H2,1-4H3,(H,16,21)/t11-/m0/s1. The van der Waals surface area contributed by atoms with Gasteiger partial charge >= 0.3 is 0 Å². The number of nitrogens with one attached hydrogen (secondary N) is 1. The molecule has 0 aliphatic rings. The van der Waals surface area contributed by atoms with Crippen molar-refractivity contribution in [2.75, 3.05) is 12.9 Å². The third kappa shape index (κ3) is 4.44. The summed E-state index contributed by atoms with van der Waals surface area (Å²) in [7, 11) is 1.60. The van der Waals surface area contributed by atoms with E-state index in [2.05, 4.69) is 20.8 Å². The first-order chi connectivity index (χ1) is 11.0. The number of hydrogen-bond acceptors (Lipinski definition) is 6. The average Bonchev–Trinajstić information content (AvgIpc) is 3.01. The largest absolute Gasteiger partial charge is 0.494 e. The number of amides is 1. The molecule has 1 heterocycles. The fraction of sp³-hybridized carbons (Fsp3) is 0.467. The van der Waals surface area contributed by atoms with Crippen LogP contribution in [0.3, 0.4) is 0 Å². The number of ether oxygens (including phenoxy) is 1. The number of thioether (sulfide) groups is 1. The van der Waals surface area contributed by atoms with Gasteiger partial charge in [0.1, 0.15) is 11.4 Å². The van der Waals surface area contributed by atoms with Crippen LogP contribution in [0.15, 0.2) is 23.4 Å². The van der Waals surface area contributed by atoms with Crippen molar-refractivity contribution in [2.45, 2.75) is 38.4 Å². The zero-order chi connectivity index (χ0) is 16.8. The number of rotatable bonds is 7. The van der Waals surface area contributed by atoms with Crippen molar-refractivity contribution in [2.24, 2.45) is 0 Å². The zero-order valence-corrected chi connectivity index (χ0v) is 14.6. The van der Waals surface area contributed by atoms with Crippen LogP contribution >= 0.6 is 11.8 Å². The molecule has 7 nitrogen and oxygen atoms in total. The summed E-state index contributed by atoms with van der Waals surface area (Å²) in [5.41, 5.74) is 1.82. The predicted octanol–water partition coefficient (Wildman–Crippen LogP) is 1.99. The molecule has 1 N–H and O–H groups in total.